The van der Waals surface area contributed by atoms with Crippen molar-refractivity contribution in [3.05, 3.63) is 80.5 Å². The van der Waals surface area contributed by atoms with E-state index in [-0.39, 0.29) is 40.5 Å². The summed E-state index contributed by atoms with van der Waals surface area (Å²) in [5, 5.41) is 1.64. The van der Waals surface area contributed by atoms with Crippen LogP contribution < -0.4 is 16.1 Å². The van der Waals surface area contributed by atoms with Crippen LogP contribution in [0, 0.1) is 0 Å². The van der Waals surface area contributed by atoms with E-state index in [4.69, 9.17) is 4.74 Å². The van der Waals surface area contributed by atoms with Gasteiger partial charge in [0.15, 0.2) is 5.78 Å². The van der Waals surface area contributed by atoms with Gasteiger partial charge >= 0.3 is 5.69 Å². The largest absolute Gasteiger partial charge is 0.385 e. The lowest BCUT2D eigenvalue weighted by Crippen LogP contribution is -2.48. The van der Waals surface area contributed by atoms with Gasteiger partial charge in [-0.2, -0.15) is 4.31 Å². The molecule has 2 aliphatic rings. The van der Waals surface area contributed by atoms with Crippen LogP contribution in [0.3, 0.4) is 0 Å². The minimum atomic E-state index is -4.13. The number of methoxy groups -OCH3 is 1. The van der Waals surface area contributed by atoms with Crippen molar-refractivity contribution in [3.63, 3.8) is 0 Å². The number of ketones is 1. The number of Topliss-reactive ketones (excluding diaryl/α,β-unsaturated/α-hetero) is 1. The van der Waals surface area contributed by atoms with Gasteiger partial charge in [0.05, 0.1) is 27.5 Å². The lowest BCUT2D eigenvalue weighted by Gasteiger charge is -2.34. The van der Waals surface area contributed by atoms with Crippen molar-refractivity contribution in [1.82, 2.24) is 14.3 Å². The smallest absolute Gasteiger partial charge is 0.326 e. The van der Waals surface area contributed by atoms with Crippen LogP contribution >= 0.6 is 0 Å². The van der Waals surface area contributed by atoms with E-state index in [0.29, 0.717) is 44.4 Å². The number of fused-ring (bicyclic) bond motifs is 1. The molecule has 2 aliphatic heterocycles. The molecule has 1 aromatic heterocycles. The van der Waals surface area contributed by atoms with Crippen molar-refractivity contribution < 1.29 is 22.7 Å². The van der Waals surface area contributed by atoms with E-state index >= 15 is 0 Å². The van der Waals surface area contributed by atoms with Crippen LogP contribution in [-0.2, 0) is 26.0 Å². The molecule has 0 spiro atoms. The van der Waals surface area contributed by atoms with Crippen molar-refractivity contribution in [3.8, 4) is 0 Å². The summed E-state index contributed by atoms with van der Waals surface area (Å²) in [7, 11) is -2.51. The van der Waals surface area contributed by atoms with Crippen molar-refractivity contribution in [2.45, 2.75) is 43.0 Å². The molecular weight excluding hydrogens is 560 g/mol. The molecule has 1 amide bonds. The standard InChI is InChI=1S/C30H30N4O7S/c1-41-15-5-13-33-25-12-9-18(20-6-4-7-21(27(20)25)29(33)37)16-26(35)24-8-2-3-14-34(24)42(39,40)19-10-11-23-22(17-19)28(36)32-30(38)31-23/h4,6-7,9-12,17,24H,2-3,5,8,13-16H2,1H3,(H2,31,32,36,38). The highest BCUT2D eigenvalue weighted by Gasteiger charge is 2.38. The van der Waals surface area contributed by atoms with E-state index in [1.807, 2.05) is 18.2 Å². The predicted octanol–water partition coefficient (Wildman–Crippen LogP) is 2.72. The van der Waals surface area contributed by atoms with Crippen LogP contribution in [0.25, 0.3) is 21.7 Å². The zero-order valence-electron chi connectivity index (χ0n) is 23.0. The number of amides is 1. The summed E-state index contributed by atoms with van der Waals surface area (Å²) in [4.78, 5) is 57.1. The van der Waals surface area contributed by atoms with Crippen molar-refractivity contribution >= 4 is 49.1 Å². The number of rotatable bonds is 9. The molecule has 1 fully saturated rings. The van der Waals surface area contributed by atoms with Crippen LogP contribution in [0.15, 0.2) is 63.0 Å². The van der Waals surface area contributed by atoms with Crippen molar-refractivity contribution in [2.24, 2.45) is 0 Å². The topological polar surface area (TPSA) is 150 Å². The van der Waals surface area contributed by atoms with E-state index in [2.05, 4.69) is 9.97 Å². The molecule has 0 radical (unpaired) electrons. The van der Waals surface area contributed by atoms with Gasteiger partial charge in [-0.3, -0.25) is 19.4 Å². The zero-order chi connectivity index (χ0) is 29.6. The van der Waals surface area contributed by atoms with Crippen molar-refractivity contribution in [2.75, 3.05) is 31.7 Å². The Kier molecular flexibility index (Phi) is 7.29. The third-order valence-electron chi connectivity index (χ3n) is 8.11. The number of aromatic amines is 2. The van der Waals surface area contributed by atoms with Crippen LogP contribution in [0.4, 0.5) is 5.69 Å². The lowest BCUT2D eigenvalue weighted by molar-refractivity contribution is -0.122. The van der Waals surface area contributed by atoms with E-state index in [1.165, 1.54) is 22.5 Å². The fraction of sp³-hybridized carbons (Fsp3) is 0.333. The van der Waals surface area contributed by atoms with Gasteiger partial charge in [-0.1, -0.05) is 24.6 Å². The molecule has 0 saturated carbocycles. The lowest BCUT2D eigenvalue weighted by atomic mass is 9.93. The predicted molar refractivity (Wildman–Crippen MR) is 158 cm³/mol. The number of sulfonamides is 1. The SMILES string of the molecule is COCCCN1C(=O)c2cccc3c(CC(=O)C4CCCCN4S(=O)(=O)c4ccc5[nH]c(=O)[nH]c(=O)c5c4)ccc1c23. The average Bonchev–Trinajstić information content (AvgIpc) is 3.26. The van der Waals surface area contributed by atoms with Crippen LogP contribution in [0.5, 0.6) is 0 Å². The minimum absolute atomic E-state index is 0.00735. The first-order valence-electron chi connectivity index (χ1n) is 13.9. The first-order chi connectivity index (χ1) is 20.2. The molecule has 218 valence electrons. The molecule has 3 heterocycles. The number of hydrogen-bond acceptors (Lipinski definition) is 7. The molecule has 1 saturated heterocycles. The molecule has 0 aliphatic carbocycles. The number of carbonyl (C=O) groups excluding carboxylic acids is 2. The Morgan fingerprint density at radius 1 is 1.02 bits per heavy atom. The van der Waals surface area contributed by atoms with Gasteiger partial charge in [0, 0.05) is 44.2 Å². The van der Waals surface area contributed by atoms with Gasteiger partial charge in [-0.15, -0.1) is 0 Å². The van der Waals surface area contributed by atoms with Gasteiger partial charge in [-0.05, 0) is 60.5 Å². The Hall–Kier alpha value is -4.13. The normalized spacial score (nSPS) is 17.4. The Morgan fingerprint density at radius 2 is 1.86 bits per heavy atom. The number of H-pyrrole nitrogens is 2. The van der Waals surface area contributed by atoms with Gasteiger partial charge < -0.3 is 14.6 Å². The van der Waals surface area contributed by atoms with Crippen LogP contribution in [0.2, 0.25) is 0 Å². The fourth-order valence-corrected chi connectivity index (χ4v) is 7.81. The molecule has 1 atom stereocenters. The monoisotopic (exact) mass is 590 g/mol. The fourth-order valence-electron chi connectivity index (χ4n) is 6.11. The summed E-state index contributed by atoms with van der Waals surface area (Å²) >= 11 is 0. The van der Waals surface area contributed by atoms with Gasteiger partial charge in [-0.25, -0.2) is 13.2 Å². The number of nitrogens with one attached hydrogen (secondary N) is 2. The quantitative estimate of drug-likeness (QED) is 0.285. The first-order valence-corrected chi connectivity index (χ1v) is 15.3. The molecular formula is C30H30N4O7S. The summed E-state index contributed by atoms with van der Waals surface area (Å²) in [6.07, 6.45) is 2.38. The van der Waals surface area contributed by atoms with Crippen LogP contribution in [0.1, 0.15) is 41.6 Å². The first kappa shape index (κ1) is 28.0. The molecule has 12 heteroatoms. The van der Waals surface area contributed by atoms with Crippen LogP contribution in [-0.4, -0.2) is 67.2 Å². The third kappa shape index (κ3) is 4.75. The molecule has 0 bridgehead atoms. The molecule has 1 unspecified atom stereocenters. The number of piperidine rings is 1. The summed E-state index contributed by atoms with van der Waals surface area (Å²) in [5.74, 6) is -0.318. The molecule has 11 nitrogen and oxygen atoms in total. The highest BCUT2D eigenvalue weighted by atomic mass is 32.2. The maximum Gasteiger partial charge on any atom is 0.326 e. The number of hydrogen-bond donors (Lipinski definition) is 2. The third-order valence-corrected chi connectivity index (χ3v) is 10.0. The van der Waals surface area contributed by atoms with E-state index < -0.39 is 27.3 Å². The van der Waals surface area contributed by atoms with Gasteiger partial charge in [0.1, 0.15) is 0 Å². The zero-order valence-corrected chi connectivity index (χ0v) is 23.8. The number of carbonyl (C=O) groups is 2. The Labute approximate surface area is 241 Å². The minimum Gasteiger partial charge on any atom is -0.385 e. The number of anilines is 1. The Bertz CT molecular complexity index is 1960. The Morgan fingerprint density at radius 3 is 2.67 bits per heavy atom. The highest BCUT2D eigenvalue weighted by molar-refractivity contribution is 7.89. The average molecular weight is 591 g/mol. The highest BCUT2D eigenvalue weighted by Crippen LogP contribution is 2.39. The van der Waals surface area contributed by atoms with E-state index in [9.17, 15) is 27.6 Å². The molecule has 3 aromatic carbocycles. The summed E-state index contributed by atoms with van der Waals surface area (Å²) in [5.41, 5.74) is 0.958. The second-order valence-electron chi connectivity index (χ2n) is 10.7. The maximum absolute atomic E-state index is 13.8. The van der Waals surface area contributed by atoms with E-state index in [0.717, 1.165) is 22.0 Å². The summed E-state index contributed by atoms with van der Waals surface area (Å²) in [6.45, 7) is 1.22. The number of aromatic nitrogens is 2. The number of nitrogens with zero attached hydrogens (tertiary/aromatic N) is 2. The van der Waals surface area contributed by atoms with E-state index in [1.54, 1.807) is 24.1 Å². The second-order valence-corrected chi connectivity index (χ2v) is 12.6. The maximum atomic E-state index is 13.8. The van der Waals surface area contributed by atoms with Gasteiger partial charge in [0.25, 0.3) is 11.5 Å². The number of ether oxygens (including phenoxy) is 1. The summed E-state index contributed by atoms with van der Waals surface area (Å²) in [6, 6.07) is 12.3. The molecule has 4 aromatic rings. The van der Waals surface area contributed by atoms with Crippen molar-refractivity contribution in [1.29, 1.82) is 0 Å². The molecule has 2 N–H and O–H groups in total. The second kappa shape index (κ2) is 10.9. The molecule has 42 heavy (non-hydrogen) atoms. The Balaban J connectivity index is 1.31. The molecule has 6 rings (SSSR count). The number of benzene rings is 3. The van der Waals surface area contributed by atoms with Gasteiger partial charge in [0.2, 0.25) is 10.0 Å². The summed E-state index contributed by atoms with van der Waals surface area (Å²) < 4.78 is 34.0.